The van der Waals surface area contributed by atoms with E-state index in [-0.39, 0.29) is 0 Å². The first-order valence-electron chi connectivity index (χ1n) is 6.59. The van der Waals surface area contributed by atoms with E-state index in [0.717, 1.165) is 12.2 Å². The van der Waals surface area contributed by atoms with Crippen molar-refractivity contribution < 1.29 is 9.47 Å². The molecule has 0 unspecified atom stereocenters. The van der Waals surface area contributed by atoms with Gasteiger partial charge in [-0.2, -0.15) is 0 Å². The van der Waals surface area contributed by atoms with Crippen LogP contribution < -0.4 is 10.1 Å². The minimum atomic E-state index is 0.644. The smallest absolute Gasteiger partial charge is 0.213 e. The molecule has 4 nitrogen and oxygen atoms in total. The van der Waals surface area contributed by atoms with Gasteiger partial charge in [-0.3, -0.25) is 0 Å². The lowest BCUT2D eigenvalue weighted by molar-refractivity contribution is 0.185. The molecule has 4 heteroatoms. The molecule has 0 fully saturated rings. The van der Waals surface area contributed by atoms with Crippen molar-refractivity contribution in [3.63, 3.8) is 0 Å². The van der Waals surface area contributed by atoms with E-state index in [9.17, 15) is 0 Å². The van der Waals surface area contributed by atoms with E-state index in [1.807, 2.05) is 18.2 Å². The summed E-state index contributed by atoms with van der Waals surface area (Å²) in [5.41, 5.74) is 3.39. The highest BCUT2D eigenvalue weighted by Gasteiger charge is 1.99. The van der Waals surface area contributed by atoms with Crippen molar-refractivity contribution in [2.75, 3.05) is 14.2 Å². The minimum absolute atomic E-state index is 0.644. The molecule has 0 spiro atoms. The number of pyridine rings is 1. The van der Waals surface area contributed by atoms with Gasteiger partial charge in [0.15, 0.2) is 0 Å². The summed E-state index contributed by atoms with van der Waals surface area (Å²) in [4.78, 5) is 4.36. The monoisotopic (exact) mass is 272 g/mol. The van der Waals surface area contributed by atoms with E-state index in [2.05, 4.69) is 34.6 Å². The van der Waals surface area contributed by atoms with Crippen molar-refractivity contribution >= 4 is 0 Å². The molecule has 106 valence electrons. The maximum Gasteiger partial charge on any atom is 0.213 e. The Kier molecular flexibility index (Phi) is 5.53. The average molecular weight is 272 g/mol. The Morgan fingerprint density at radius 2 is 1.80 bits per heavy atom. The van der Waals surface area contributed by atoms with Gasteiger partial charge in [-0.05, 0) is 17.2 Å². The Labute approximate surface area is 119 Å². The SMILES string of the molecule is COCc1cccc(CNCc2cccc(OC)n2)c1. The van der Waals surface area contributed by atoms with Crippen LogP contribution in [0.25, 0.3) is 0 Å². The Balaban J connectivity index is 1.87. The number of hydrogen-bond acceptors (Lipinski definition) is 4. The van der Waals surface area contributed by atoms with Crippen LogP contribution in [0.1, 0.15) is 16.8 Å². The molecular weight excluding hydrogens is 252 g/mol. The van der Waals surface area contributed by atoms with E-state index in [4.69, 9.17) is 9.47 Å². The zero-order chi connectivity index (χ0) is 14.2. The lowest BCUT2D eigenvalue weighted by atomic mass is 10.1. The largest absolute Gasteiger partial charge is 0.481 e. The van der Waals surface area contributed by atoms with E-state index in [0.29, 0.717) is 19.0 Å². The highest BCUT2D eigenvalue weighted by Crippen LogP contribution is 2.08. The zero-order valence-electron chi connectivity index (χ0n) is 11.9. The molecule has 1 aromatic carbocycles. The Morgan fingerprint density at radius 3 is 2.60 bits per heavy atom. The highest BCUT2D eigenvalue weighted by molar-refractivity contribution is 5.23. The molecule has 0 amide bonds. The molecule has 1 heterocycles. The van der Waals surface area contributed by atoms with Crippen LogP contribution >= 0.6 is 0 Å². The predicted octanol–water partition coefficient (Wildman–Crippen LogP) is 2.53. The highest BCUT2D eigenvalue weighted by atomic mass is 16.5. The standard InChI is InChI=1S/C16H20N2O2/c1-19-12-14-6-3-5-13(9-14)10-17-11-15-7-4-8-16(18-15)20-2/h3-9,17H,10-12H2,1-2H3. The van der Waals surface area contributed by atoms with Gasteiger partial charge in [0.1, 0.15) is 0 Å². The second-order valence-corrected chi connectivity index (χ2v) is 4.53. The molecule has 0 saturated heterocycles. The topological polar surface area (TPSA) is 43.4 Å². The molecule has 2 aromatic rings. The summed E-state index contributed by atoms with van der Waals surface area (Å²) in [7, 11) is 3.33. The first-order chi connectivity index (χ1) is 9.81. The van der Waals surface area contributed by atoms with Crippen LogP contribution in [-0.2, 0) is 24.4 Å². The van der Waals surface area contributed by atoms with Gasteiger partial charge in [-0.1, -0.05) is 30.3 Å². The third-order valence-electron chi connectivity index (χ3n) is 2.93. The molecule has 0 atom stereocenters. The van der Waals surface area contributed by atoms with Crippen LogP contribution in [-0.4, -0.2) is 19.2 Å². The molecule has 20 heavy (non-hydrogen) atoms. The fraction of sp³-hybridized carbons (Fsp3) is 0.312. The second kappa shape index (κ2) is 7.62. The Bertz CT molecular complexity index is 544. The zero-order valence-corrected chi connectivity index (χ0v) is 11.9. The van der Waals surface area contributed by atoms with Crippen molar-refractivity contribution in [3.05, 3.63) is 59.3 Å². The molecular formula is C16H20N2O2. The molecule has 0 aliphatic carbocycles. The van der Waals surface area contributed by atoms with Crippen molar-refractivity contribution in [2.45, 2.75) is 19.7 Å². The first-order valence-corrected chi connectivity index (χ1v) is 6.59. The quantitative estimate of drug-likeness (QED) is 0.841. The van der Waals surface area contributed by atoms with Crippen LogP contribution in [0, 0.1) is 0 Å². The molecule has 0 saturated carbocycles. The maximum atomic E-state index is 5.14. The summed E-state index contributed by atoms with van der Waals surface area (Å²) in [5, 5.41) is 3.38. The fourth-order valence-corrected chi connectivity index (χ4v) is 2.00. The van der Waals surface area contributed by atoms with E-state index < -0.39 is 0 Å². The number of rotatable bonds is 7. The second-order valence-electron chi connectivity index (χ2n) is 4.53. The predicted molar refractivity (Wildman–Crippen MR) is 78.5 cm³/mol. The van der Waals surface area contributed by atoms with Gasteiger partial charge in [-0.25, -0.2) is 4.98 Å². The third kappa shape index (κ3) is 4.33. The molecule has 0 aliphatic heterocycles. The maximum absolute atomic E-state index is 5.14. The van der Waals surface area contributed by atoms with E-state index >= 15 is 0 Å². The third-order valence-corrected chi connectivity index (χ3v) is 2.93. The van der Waals surface area contributed by atoms with Gasteiger partial charge in [0.25, 0.3) is 0 Å². The molecule has 0 radical (unpaired) electrons. The number of nitrogens with zero attached hydrogens (tertiary/aromatic N) is 1. The van der Waals surface area contributed by atoms with Crippen LogP contribution in [0.5, 0.6) is 5.88 Å². The minimum Gasteiger partial charge on any atom is -0.481 e. The van der Waals surface area contributed by atoms with Crippen LogP contribution in [0.15, 0.2) is 42.5 Å². The molecule has 0 aliphatic rings. The lowest BCUT2D eigenvalue weighted by Crippen LogP contribution is -2.14. The van der Waals surface area contributed by atoms with Crippen molar-refractivity contribution in [3.8, 4) is 5.88 Å². The number of nitrogens with one attached hydrogen (secondary N) is 1. The summed E-state index contributed by atoms with van der Waals surface area (Å²) in [6.07, 6.45) is 0. The molecule has 0 bridgehead atoms. The summed E-state index contributed by atoms with van der Waals surface area (Å²) in [5.74, 6) is 0.645. The average Bonchev–Trinajstić information content (AvgIpc) is 2.48. The number of ether oxygens (including phenoxy) is 2. The lowest BCUT2D eigenvalue weighted by Gasteiger charge is -2.07. The van der Waals surface area contributed by atoms with Gasteiger partial charge >= 0.3 is 0 Å². The van der Waals surface area contributed by atoms with Gasteiger partial charge < -0.3 is 14.8 Å². The number of benzene rings is 1. The fourth-order valence-electron chi connectivity index (χ4n) is 2.00. The first kappa shape index (κ1) is 14.5. The van der Waals surface area contributed by atoms with Gasteiger partial charge in [-0.15, -0.1) is 0 Å². The summed E-state index contributed by atoms with van der Waals surface area (Å²) < 4.78 is 10.2. The van der Waals surface area contributed by atoms with Crippen LogP contribution in [0.3, 0.4) is 0 Å². The van der Waals surface area contributed by atoms with Crippen LogP contribution in [0.4, 0.5) is 0 Å². The molecule has 1 N–H and O–H groups in total. The van der Waals surface area contributed by atoms with Crippen molar-refractivity contribution in [1.82, 2.24) is 10.3 Å². The van der Waals surface area contributed by atoms with Gasteiger partial charge in [0, 0.05) is 26.3 Å². The van der Waals surface area contributed by atoms with Gasteiger partial charge in [0.2, 0.25) is 5.88 Å². The van der Waals surface area contributed by atoms with Crippen LogP contribution in [0.2, 0.25) is 0 Å². The Morgan fingerprint density at radius 1 is 1.00 bits per heavy atom. The van der Waals surface area contributed by atoms with E-state index in [1.165, 1.54) is 11.1 Å². The summed E-state index contributed by atoms with van der Waals surface area (Å²) in [6, 6.07) is 14.1. The molecule has 2 rings (SSSR count). The summed E-state index contributed by atoms with van der Waals surface area (Å²) in [6.45, 7) is 2.16. The van der Waals surface area contributed by atoms with Crippen molar-refractivity contribution in [2.24, 2.45) is 0 Å². The Hall–Kier alpha value is -1.91. The summed E-state index contributed by atoms with van der Waals surface area (Å²) >= 11 is 0. The number of aromatic nitrogens is 1. The normalized spacial score (nSPS) is 10.5. The van der Waals surface area contributed by atoms with E-state index in [1.54, 1.807) is 14.2 Å². The van der Waals surface area contributed by atoms with Crippen molar-refractivity contribution in [1.29, 1.82) is 0 Å². The van der Waals surface area contributed by atoms with Gasteiger partial charge in [0.05, 0.1) is 19.4 Å². The number of hydrogen-bond donors (Lipinski definition) is 1. The number of methoxy groups -OCH3 is 2. The molecule has 1 aromatic heterocycles.